The van der Waals surface area contributed by atoms with Gasteiger partial charge < -0.3 is 33.3 Å². The largest absolute Gasteiger partial charge is 0.496 e. The lowest BCUT2D eigenvalue weighted by atomic mass is 9.95. The Labute approximate surface area is 341 Å². The highest BCUT2D eigenvalue weighted by atomic mass is 16.5. The van der Waals surface area contributed by atoms with E-state index in [1.165, 1.54) is 6.07 Å². The fourth-order valence-electron chi connectivity index (χ4n) is 8.21. The molecule has 310 valence electrons. The number of pyridine rings is 2. The van der Waals surface area contributed by atoms with Crippen LogP contribution in [0.3, 0.4) is 0 Å². The number of carbonyl (C=O) groups excluding carboxylic acids is 5. The van der Waals surface area contributed by atoms with E-state index in [0.29, 0.717) is 42.4 Å². The molecule has 0 bridgehead atoms. The summed E-state index contributed by atoms with van der Waals surface area (Å²) in [6, 6.07) is 9.41. The third kappa shape index (κ3) is 8.54. The normalized spacial score (nSPS) is 17.1. The average Bonchev–Trinajstić information content (AvgIpc) is 3.49. The second-order valence-corrected chi connectivity index (χ2v) is 15.1. The van der Waals surface area contributed by atoms with E-state index in [1.54, 1.807) is 50.4 Å². The van der Waals surface area contributed by atoms with Gasteiger partial charge in [-0.05, 0) is 73.5 Å². The van der Waals surface area contributed by atoms with Crippen LogP contribution in [0.4, 0.5) is 0 Å². The zero-order chi connectivity index (χ0) is 41.8. The molecule has 16 nitrogen and oxygen atoms in total. The fraction of sp³-hybridized carbons (Fsp3) is 0.419. The molecule has 59 heavy (non-hydrogen) atoms. The molecular formula is C43H48N6O10. The number of aryl methyl sites for hydroxylation is 1. The number of methoxy groups -OCH3 is 2. The summed E-state index contributed by atoms with van der Waals surface area (Å²) >= 11 is 0. The summed E-state index contributed by atoms with van der Waals surface area (Å²) in [4.78, 5) is 85.3. The van der Waals surface area contributed by atoms with Crippen LogP contribution in [0.25, 0.3) is 21.9 Å². The minimum Gasteiger partial charge on any atom is -0.496 e. The summed E-state index contributed by atoms with van der Waals surface area (Å²) in [7, 11) is 7.07. The van der Waals surface area contributed by atoms with Gasteiger partial charge in [-0.3, -0.25) is 44.0 Å². The zero-order valence-electron chi connectivity index (χ0n) is 33.7. The Morgan fingerprint density at radius 3 is 2.36 bits per heavy atom. The first-order valence-corrected chi connectivity index (χ1v) is 19.7. The maximum absolute atomic E-state index is 13.3. The number of benzene rings is 2. The summed E-state index contributed by atoms with van der Waals surface area (Å²) in [6.45, 7) is 3.18. The molecule has 3 aliphatic rings. The number of aromatic nitrogens is 2. The number of nitrogens with zero attached hydrogens (tertiary/aromatic N) is 5. The van der Waals surface area contributed by atoms with Gasteiger partial charge in [-0.1, -0.05) is 6.07 Å². The van der Waals surface area contributed by atoms with Crippen molar-refractivity contribution in [2.75, 3.05) is 60.7 Å². The van der Waals surface area contributed by atoms with Crippen molar-refractivity contribution in [3.05, 3.63) is 82.0 Å². The van der Waals surface area contributed by atoms with Gasteiger partial charge in [-0.2, -0.15) is 0 Å². The van der Waals surface area contributed by atoms with E-state index in [0.717, 1.165) is 46.4 Å². The molecule has 0 aliphatic carbocycles. The smallest absolute Gasteiger partial charge is 0.266 e. The number of imide groups is 2. The van der Waals surface area contributed by atoms with Crippen molar-refractivity contribution < 1.29 is 42.9 Å². The van der Waals surface area contributed by atoms with Crippen molar-refractivity contribution >= 4 is 40.3 Å². The number of rotatable bonds is 15. The van der Waals surface area contributed by atoms with Crippen LogP contribution in [0.5, 0.6) is 17.2 Å². The quantitative estimate of drug-likeness (QED) is 0.137. The molecule has 7 rings (SSSR count). The topological polar surface area (TPSA) is 179 Å². The number of carbonyl (C=O) groups is 5. The molecule has 16 heteroatoms. The number of nitrogens with one attached hydrogen (secondary N) is 1. The van der Waals surface area contributed by atoms with Crippen LogP contribution in [0.15, 0.2) is 59.8 Å². The highest BCUT2D eigenvalue weighted by molar-refractivity contribution is 6.24. The maximum Gasteiger partial charge on any atom is 0.266 e. The van der Waals surface area contributed by atoms with Crippen LogP contribution >= 0.6 is 0 Å². The molecule has 2 saturated heterocycles. The second kappa shape index (κ2) is 17.8. The van der Waals surface area contributed by atoms with Gasteiger partial charge in [0.15, 0.2) is 0 Å². The molecule has 0 spiro atoms. The molecule has 2 aromatic heterocycles. The van der Waals surface area contributed by atoms with Crippen molar-refractivity contribution in [3.8, 4) is 28.4 Å². The van der Waals surface area contributed by atoms with Crippen LogP contribution in [0.1, 0.15) is 58.4 Å². The Bertz CT molecular complexity index is 2330. The predicted octanol–water partition coefficient (Wildman–Crippen LogP) is 3.18. The van der Waals surface area contributed by atoms with Crippen LogP contribution in [0, 0.1) is 5.92 Å². The molecule has 2 fully saturated rings. The molecule has 1 N–H and O–H groups in total. The molecular weight excluding hydrogens is 761 g/mol. The van der Waals surface area contributed by atoms with E-state index in [9.17, 15) is 28.8 Å². The van der Waals surface area contributed by atoms with E-state index in [-0.39, 0.29) is 67.4 Å². The Balaban J connectivity index is 0.854. The lowest BCUT2D eigenvalue weighted by Gasteiger charge is -2.34. The van der Waals surface area contributed by atoms with Gasteiger partial charge in [-0.25, -0.2) is 0 Å². The zero-order valence-corrected chi connectivity index (χ0v) is 33.7. The van der Waals surface area contributed by atoms with Gasteiger partial charge in [0, 0.05) is 63.8 Å². The minimum absolute atomic E-state index is 0.0216. The van der Waals surface area contributed by atoms with Gasteiger partial charge in [-0.15, -0.1) is 0 Å². The maximum atomic E-state index is 13.3. The number of piperidine rings is 2. The van der Waals surface area contributed by atoms with E-state index in [1.807, 2.05) is 29.3 Å². The number of hydrogen-bond donors (Lipinski definition) is 1. The lowest BCUT2D eigenvalue weighted by Crippen LogP contribution is -2.54. The van der Waals surface area contributed by atoms with E-state index < -0.39 is 29.7 Å². The number of hydrogen-bond acceptors (Lipinski definition) is 12. The first-order chi connectivity index (χ1) is 28.5. The Kier molecular flexibility index (Phi) is 12.4. The molecule has 4 aromatic rings. The third-order valence-electron chi connectivity index (χ3n) is 11.2. The van der Waals surface area contributed by atoms with E-state index in [4.69, 9.17) is 18.9 Å². The highest BCUT2D eigenvalue weighted by Gasteiger charge is 2.46. The van der Waals surface area contributed by atoms with Crippen molar-refractivity contribution in [1.29, 1.82) is 0 Å². The monoisotopic (exact) mass is 808 g/mol. The standard InChI is InChI=1S/C43H48N6O10/c1-46(24-32-35(56-3)20-27(21-36(32)57-4)31-25-47(2)41(53)30-22-44-14-10-28(30)31)23-26-11-15-48(16-12-26)38(51)13-17-58-18-19-59-34-7-5-6-29-39(34)43(55)49(42(29)54)33-8-9-37(50)45-40(33)52/h5-7,10,14,20-22,25-26,33H,8-9,11-13,15-19,23-24H2,1-4H3,(H,45,50,52). The Morgan fingerprint density at radius 2 is 1.64 bits per heavy atom. The molecule has 3 aliphatic heterocycles. The summed E-state index contributed by atoms with van der Waals surface area (Å²) < 4.78 is 24.8. The first-order valence-electron chi connectivity index (χ1n) is 19.7. The van der Waals surface area contributed by atoms with E-state index >= 15 is 0 Å². The molecule has 2 aromatic carbocycles. The summed E-state index contributed by atoms with van der Waals surface area (Å²) in [5, 5.41) is 3.53. The average molecular weight is 809 g/mol. The second-order valence-electron chi connectivity index (χ2n) is 15.1. The van der Waals surface area contributed by atoms with Crippen molar-refractivity contribution in [1.82, 2.24) is 29.6 Å². The van der Waals surface area contributed by atoms with Gasteiger partial charge in [0.25, 0.3) is 17.4 Å². The van der Waals surface area contributed by atoms with Gasteiger partial charge in [0.2, 0.25) is 17.7 Å². The molecule has 1 unspecified atom stereocenters. The Hall–Kier alpha value is -6.13. The third-order valence-corrected chi connectivity index (χ3v) is 11.2. The predicted molar refractivity (Wildman–Crippen MR) is 215 cm³/mol. The summed E-state index contributed by atoms with van der Waals surface area (Å²) in [5.41, 5.74) is 2.75. The number of ether oxygens (including phenoxy) is 4. The summed E-state index contributed by atoms with van der Waals surface area (Å²) in [6.07, 6.45) is 7.15. The molecule has 0 radical (unpaired) electrons. The Morgan fingerprint density at radius 1 is 0.898 bits per heavy atom. The number of fused-ring (bicyclic) bond motifs is 2. The van der Waals surface area contributed by atoms with Crippen LogP contribution < -0.4 is 25.1 Å². The first kappa shape index (κ1) is 41.0. The lowest BCUT2D eigenvalue weighted by molar-refractivity contribution is -0.136. The molecule has 5 amide bonds. The molecule has 0 saturated carbocycles. The molecule has 1 atom stereocenters. The SMILES string of the molecule is COc1cc(-c2cn(C)c(=O)c3cnccc23)cc(OC)c1CN(C)CC1CCN(C(=O)CCOCCOc2cccc3c2C(=O)N(C2CCC(=O)NC2=O)C3=O)CC1. The van der Waals surface area contributed by atoms with E-state index in [2.05, 4.69) is 22.2 Å². The van der Waals surface area contributed by atoms with Gasteiger partial charge in [0.05, 0.1) is 55.9 Å². The van der Waals surface area contributed by atoms with Crippen LogP contribution in [-0.4, -0.2) is 121 Å². The number of amides is 5. The molecule has 5 heterocycles. The highest BCUT2D eigenvalue weighted by Crippen LogP contribution is 2.38. The van der Waals surface area contributed by atoms with Crippen molar-refractivity contribution in [2.24, 2.45) is 13.0 Å². The van der Waals surface area contributed by atoms with Gasteiger partial charge in [0.1, 0.15) is 29.9 Å². The minimum atomic E-state index is -1.06. The van der Waals surface area contributed by atoms with Crippen LogP contribution in [-0.2, 0) is 32.7 Å². The fourth-order valence-corrected chi connectivity index (χ4v) is 8.21. The van der Waals surface area contributed by atoms with Crippen LogP contribution in [0.2, 0.25) is 0 Å². The van der Waals surface area contributed by atoms with Gasteiger partial charge >= 0.3 is 0 Å². The summed E-state index contributed by atoms with van der Waals surface area (Å²) in [5.74, 6) is -0.373. The van der Waals surface area contributed by atoms with Crippen molar-refractivity contribution in [3.63, 3.8) is 0 Å². The number of likely N-dealkylation sites (tertiary alicyclic amines) is 1. The van der Waals surface area contributed by atoms with Crippen molar-refractivity contribution in [2.45, 2.75) is 44.7 Å².